The van der Waals surface area contributed by atoms with Crippen LogP contribution in [-0.2, 0) is 22.3 Å². The lowest BCUT2D eigenvalue weighted by molar-refractivity contribution is -0.0434. The Kier molecular flexibility index (Phi) is 7.37. The third-order valence-electron chi connectivity index (χ3n) is 7.11. The molecule has 206 valence electrons. The number of fused-ring (bicyclic) bond motifs is 1. The number of hydrogen-bond acceptors (Lipinski definition) is 12. The second-order valence-corrected chi connectivity index (χ2v) is 9.75. The molecule has 2 saturated heterocycles. The SMILES string of the molecule is CCc1cc([C@H]2O[C@@H](n3cnc4c(NC5CCOCC5)nc(NCCc5ccccn5)nc43)[C@H](O)[C@@H]2O)on1. The summed E-state index contributed by atoms with van der Waals surface area (Å²) in [6.07, 6.45) is 2.10. The molecular formula is C26H32N8O5. The van der Waals surface area contributed by atoms with Crippen molar-refractivity contribution in [1.29, 1.82) is 0 Å². The Morgan fingerprint density at radius 3 is 2.72 bits per heavy atom. The van der Waals surface area contributed by atoms with Gasteiger partial charge in [0.25, 0.3) is 0 Å². The molecule has 4 atom stereocenters. The first kappa shape index (κ1) is 25.6. The van der Waals surface area contributed by atoms with Gasteiger partial charge in [0.15, 0.2) is 29.0 Å². The van der Waals surface area contributed by atoms with Gasteiger partial charge in [0.05, 0.1) is 12.0 Å². The van der Waals surface area contributed by atoms with Crippen molar-refractivity contribution in [1.82, 2.24) is 29.7 Å². The van der Waals surface area contributed by atoms with E-state index in [0.29, 0.717) is 61.3 Å². The van der Waals surface area contributed by atoms with Crippen molar-refractivity contribution in [2.45, 2.75) is 63.2 Å². The minimum Gasteiger partial charge on any atom is -0.387 e. The predicted molar refractivity (Wildman–Crippen MR) is 140 cm³/mol. The van der Waals surface area contributed by atoms with E-state index in [4.69, 9.17) is 24.0 Å². The van der Waals surface area contributed by atoms with Crippen molar-refractivity contribution in [3.8, 4) is 0 Å². The second kappa shape index (κ2) is 11.2. The van der Waals surface area contributed by atoms with E-state index >= 15 is 0 Å². The summed E-state index contributed by atoms with van der Waals surface area (Å²) in [6, 6.07) is 7.72. The molecule has 0 spiro atoms. The number of hydrogen-bond donors (Lipinski definition) is 4. The molecular weight excluding hydrogens is 504 g/mol. The Morgan fingerprint density at radius 2 is 1.95 bits per heavy atom. The van der Waals surface area contributed by atoms with Gasteiger partial charge in [-0.2, -0.15) is 9.97 Å². The molecule has 4 aromatic heterocycles. The number of anilines is 2. The number of nitrogens with zero attached hydrogens (tertiary/aromatic N) is 6. The van der Waals surface area contributed by atoms with Crippen LogP contribution in [0.15, 0.2) is 41.3 Å². The number of aromatic nitrogens is 6. The summed E-state index contributed by atoms with van der Waals surface area (Å²) < 4.78 is 18.6. The predicted octanol–water partition coefficient (Wildman–Crippen LogP) is 2.01. The normalized spacial score (nSPS) is 23.9. The molecule has 6 heterocycles. The van der Waals surface area contributed by atoms with Crippen molar-refractivity contribution in [2.75, 3.05) is 30.4 Å². The molecule has 6 rings (SSSR count). The van der Waals surface area contributed by atoms with Crippen LogP contribution in [0.25, 0.3) is 11.2 Å². The molecule has 4 aromatic rings. The lowest BCUT2D eigenvalue weighted by Gasteiger charge is -2.24. The molecule has 0 bridgehead atoms. The Bertz CT molecular complexity index is 1390. The monoisotopic (exact) mass is 536 g/mol. The molecule has 4 N–H and O–H groups in total. The topological polar surface area (TPSA) is 166 Å². The van der Waals surface area contributed by atoms with Crippen LogP contribution in [-0.4, -0.2) is 77.9 Å². The number of rotatable bonds is 9. The van der Waals surface area contributed by atoms with Gasteiger partial charge in [0, 0.05) is 50.2 Å². The zero-order valence-corrected chi connectivity index (χ0v) is 21.6. The van der Waals surface area contributed by atoms with Gasteiger partial charge in [-0.3, -0.25) is 9.55 Å². The Labute approximate surface area is 224 Å². The smallest absolute Gasteiger partial charge is 0.226 e. The molecule has 2 aliphatic rings. The van der Waals surface area contributed by atoms with Crippen LogP contribution in [0.4, 0.5) is 11.8 Å². The third kappa shape index (κ3) is 5.30. The van der Waals surface area contributed by atoms with Crippen LogP contribution in [0.3, 0.4) is 0 Å². The fourth-order valence-electron chi connectivity index (χ4n) is 4.92. The largest absolute Gasteiger partial charge is 0.387 e. The summed E-state index contributed by atoms with van der Waals surface area (Å²) in [7, 11) is 0. The summed E-state index contributed by atoms with van der Waals surface area (Å²) >= 11 is 0. The summed E-state index contributed by atoms with van der Waals surface area (Å²) in [4.78, 5) is 18.4. The molecule has 0 unspecified atom stereocenters. The van der Waals surface area contributed by atoms with Gasteiger partial charge in [-0.15, -0.1) is 0 Å². The van der Waals surface area contributed by atoms with Crippen LogP contribution in [0.5, 0.6) is 0 Å². The zero-order chi connectivity index (χ0) is 26.8. The number of nitrogens with one attached hydrogen (secondary N) is 2. The van der Waals surface area contributed by atoms with E-state index in [-0.39, 0.29) is 6.04 Å². The Balaban J connectivity index is 1.30. The second-order valence-electron chi connectivity index (χ2n) is 9.75. The van der Waals surface area contributed by atoms with E-state index < -0.39 is 24.5 Å². The number of aliphatic hydroxyl groups is 2. The zero-order valence-electron chi connectivity index (χ0n) is 21.6. The fraction of sp³-hybridized carbons (Fsp3) is 0.500. The van der Waals surface area contributed by atoms with Gasteiger partial charge < -0.3 is 34.8 Å². The van der Waals surface area contributed by atoms with Crippen molar-refractivity contribution < 1.29 is 24.2 Å². The van der Waals surface area contributed by atoms with Crippen molar-refractivity contribution in [2.24, 2.45) is 0 Å². The van der Waals surface area contributed by atoms with Crippen LogP contribution in [0, 0.1) is 0 Å². The average molecular weight is 537 g/mol. The van der Waals surface area contributed by atoms with Gasteiger partial charge in [-0.25, -0.2) is 4.98 Å². The highest BCUT2D eigenvalue weighted by Gasteiger charge is 2.47. The molecule has 13 heteroatoms. The van der Waals surface area contributed by atoms with Gasteiger partial charge >= 0.3 is 0 Å². The van der Waals surface area contributed by atoms with E-state index in [1.807, 2.05) is 25.1 Å². The Morgan fingerprint density at radius 1 is 1.08 bits per heavy atom. The van der Waals surface area contributed by atoms with Gasteiger partial charge in [0.1, 0.15) is 18.3 Å². The molecule has 13 nitrogen and oxygen atoms in total. The van der Waals surface area contributed by atoms with Crippen LogP contribution in [0.1, 0.15) is 49.2 Å². The Hall–Kier alpha value is -3.65. The molecule has 2 aliphatic heterocycles. The van der Waals surface area contributed by atoms with E-state index in [1.165, 1.54) is 0 Å². The maximum atomic E-state index is 11.0. The van der Waals surface area contributed by atoms with Crippen molar-refractivity contribution in [3.63, 3.8) is 0 Å². The highest BCUT2D eigenvalue weighted by molar-refractivity contribution is 5.84. The van der Waals surface area contributed by atoms with E-state index in [9.17, 15) is 10.2 Å². The van der Waals surface area contributed by atoms with Gasteiger partial charge in [-0.05, 0) is 31.4 Å². The molecule has 0 amide bonds. The molecule has 0 saturated carbocycles. The third-order valence-corrected chi connectivity index (χ3v) is 7.11. The minimum atomic E-state index is -1.25. The van der Waals surface area contributed by atoms with Crippen LogP contribution >= 0.6 is 0 Å². The maximum absolute atomic E-state index is 11.0. The number of imidazole rings is 1. The summed E-state index contributed by atoms with van der Waals surface area (Å²) in [5, 5.41) is 32.6. The summed E-state index contributed by atoms with van der Waals surface area (Å²) in [5.74, 6) is 1.35. The summed E-state index contributed by atoms with van der Waals surface area (Å²) in [6.45, 7) is 3.88. The number of pyridine rings is 1. The minimum absolute atomic E-state index is 0.183. The first-order valence-corrected chi connectivity index (χ1v) is 13.3. The van der Waals surface area contributed by atoms with Crippen LogP contribution in [0.2, 0.25) is 0 Å². The van der Waals surface area contributed by atoms with Gasteiger partial charge in [0.2, 0.25) is 5.95 Å². The molecule has 0 radical (unpaired) electrons. The van der Waals surface area contributed by atoms with E-state index in [1.54, 1.807) is 23.2 Å². The molecule has 0 aliphatic carbocycles. The quantitative estimate of drug-likeness (QED) is 0.246. The molecule has 2 fully saturated rings. The standard InChI is InChI=1S/C26H32N8O5/c1-2-15-13-18(39-33-15)22-20(35)21(36)25(38-22)34-14-29-19-23(30-17-7-11-37-12-8-17)31-26(32-24(19)34)28-10-6-16-5-3-4-9-27-16/h3-5,9,13-14,17,20-22,25,35-36H,2,6-8,10-12H2,1H3,(H2,28,30,31,32)/t20-,21+,22+,25+/m0/s1. The lowest BCUT2D eigenvalue weighted by Crippen LogP contribution is -2.29. The highest BCUT2D eigenvalue weighted by Crippen LogP contribution is 2.40. The van der Waals surface area contributed by atoms with Crippen LogP contribution < -0.4 is 10.6 Å². The van der Waals surface area contributed by atoms with Crippen molar-refractivity contribution in [3.05, 3.63) is 53.9 Å². The van der Waals surface area contributed by atoms with Gasteiger partial charge in [-0.1, -0.05) is 18.1 Å². The first-order valence-electron chi connectivity index (χ1n) is 13.3. The van der Waals surface area contributed by atoms with E-state index in [2.05, 4.69) is 25.8 Å². The first-order chi connectivity index (χ1) is 19.1. The average Bonchev–Trinajstić information content (AvgIpc) is 3.68. The fourth-order valence-corrected chi connectivity index (χ4v) is 4.92. The molecule has 39 heavy (non-hydrogen) atoms. The lowest BCUT2D eigenvalue weighted by atomic mass is 10.1. The number of aryl methyl sites for hydroxylation is 1. The summed E-state index contributed by atoms with van der Waals surface area (Å²) in [5.41, 5.74) is 2.70. The number of aliphatic hydroxyl groups excluding tert-OH is 2. The highest BCUT2D eigenvalue weighted by atomic mass is 16.6. The maximum Gasteiger partial charge on any atom is 0.226 e. The molecule has 0 aromatic carbocycles. The van der Waals surface area contributed by atoms with E-state index in [0.717, 1.165) is 24.2 Å². The number of ether oxygens (including phenoxy) is 2. The van der Waals surface area contributed by atoms with Crippen molar-refractivity contribution >= 4 is 22.9 Å².